The van der Waals surface area contributed by atoms with E-state index in [1.165, 1.54) is 0 Å². The summed E-state index contributed by atoms with van der Waals surface area (Å²) >= 11 is 6.27. The second kappa shape index (κ2) is 6.00. The number of nitrogens with zero attached hydrogens (tertiary/aromatic N) is 3. The molecule has 2 aromatic heterocycles. The zero-order valence-corrected chi connectivity index (χ0v) is 13.5. The molecule has 0 radical (unpaired) electrons. The maximum absolute atomic E-state index is 6.27. The highest BCUT2D eigenvalue weighted by Crippen LogP contribution is 2.27. The summed E-state index contributed by atoms with van der Waals surface area (Å²) < 4.78 is 7.34. The van der Waals surface area contributed by atoms with Gasteiger partial charge in [0.15, 0.2) is 5.65 Å². The number of imidazole rings is 1. The van der Waals surface area contributed by atoms with Crippen molar-refractivity contribution in [1.82, 2.24) is 14.5 Å². The van der Waals surface area contributed by atoms with E-state index in [0.29, 0.717) is 17.7 Å². The Kier molecular flexibility index (Phi) is 4.53. The van der Waals surface area contributed by atoms with Gasteiger partial charge < -0.3 is 9.30 Å². The SMILES string of the molecule is COc1ccc2nc(C(C)Cl)n(CC(C)C(C)C)c2n1. The monoisotopic (exact) mass is 295 g/mol. The van der Waals surface area contributed by atoms with Crippen molar-refractivity contribution < 1.29 is 4.74 Å². The van der Waals surface area contributed by atoms with Crippen LogP contribution in [0.25, 0.3) is 11.2 Å². The van der Waals surface area contributed by atoms with Crippen LogP contribution in [-0.4, -0.2) is 21.6 Å². The molecule has 2 aromatic rings. The summed E-state index contributed by atoms with van der Waals surface area (Å²) in [6, 6.07) is 3.76. The summed E-state index contributed by atoms with van der Waals surface area (Å²) in [5, 5.41) is -0.144. The molecule has 2 unspecified atom stereocenters. The summed E-state index contributed by atoms with van der Waals surface area (Å²) in [7, 11) is 1.62. The number of ether oxygens (including phenoxy) is 1. The predicted octanol–water partition coefficient (Wildman–Crippen LogP) is 4.03. The van der Waals surface area contributed by atoms with Crippen LogP contribution in [0.4, 0.5) is 0 Å². The van der Waals surface area contributed by atoms with Crippen molar-refractivity contribution in [3.8, 4) is 5.88 Å². The molecule has 0 aromatic carbocycles. The van der Waals surface area contributed by atoms with Gasteiger partial charge in [-0.3, -0.25) is 0 Å². The number of alkyl halides is 1. The van der Waals surface area contributed by atoms with E-state index in [0.717, 1.165) is 23.5 Å². The first-order valence-electron chi connectivity index (χ1n) is 6.99. The van der Waals surface area contributed by atoms with Crippen LogP contribution in [0.2, 0.25) is 0 Å². The highest BCUT2D eigenvalue weighted by atomic mass is 35.5. The quantitative estimate of drug-likeness (QED) is 0.782. The maximum Gasteiger partial charge on any atom is 0.215 e. The molecule has 20 heavy (non-hydrogen) atoms. The molecule has 0 saturated carbocycles. The van der Waals surface area contributed by atoms with Crippen LogP contribution >= 0.6 is 11.6 Å². The first-order valence-corrected chi connectivity index (χ1v) is 7.43. The van der Waals surface area contributed by atoms with Crippen molar-refractivity contribution in [2.75, 3.05) is 7.11 Å². The maximum atomic E-state index is 6.27. The Balaban J connectivity index is 2.54. The number of hydrogen-bond acceptors (Lipinski definition) is 3. The molecule has 0 N–H and O–H groups in total. The Hall–Kier alpha value is -1.29. The Morgan fingerprint density at radius 2 is 1.90 bits per heavy atom. The fraction of sp³-hybridized carbons (Fsp3) is 0.600. The van der Waals surface area contributed by atoms with Crippen molar-refractivity contribution in [2.24, 2.45) is 11.8 Å². The smallest absolute Gasteiger partial charge is 0.215 e. The normalized spacial score (nSPS) is 14.8. The lowest BCUT2D eigenvalue weighted by molar-refractivity contribution is 0.362. The van der Waals surface area contributed by atoms with E-state index in [9.17, 15) is 0 Å². The molecule has 2 atom stereocenters. The highest BCUT2D eigenvalue weighted by molar-refractivity contribution is 6.20. The molecule has 5 heteroatoms. The van der Waals surface area contributed by atoms with E-state index in [4.69, 9.17) is 16.3 Å². The van der Waals surface area contributed by atoms with Crippen LogP contribution in [0.1, 0.15) is 38.9 Å². The Morgan fingerprint density at radius 3 is 2.45 bits per heavy atom. The van der Waals surface area contributed by atoms with Crippen molar-refractivity contribution in [1.29, 1.82) is 0 Å². The first-order chi connectivity index (χ1) is 9.43. The molecule has 2 rings (SSSR count). The van der Waals surface area contributed by atoms with E-state index in [1.807, 2.05) is 19.1 Å². The van der Waals surface area contributed by atoms with E-state index in [-0.39, 0.29) is 5.38 Å². The topological polar surface area (TPSA) is 39.9 Å². The summed E-state index contributed by atoms with van der Waals surface area (Å²) in [6.07, 6.45) is 0. The molecule has 0 aliphatic heterocycles. The van der Waals surface area contributed by atoms with Crippen LogP contribution < -0.4 is 4.74 Å². The molecule has 4 nitrogen and oxygen atoms in total. The van der Waals surface area contributed by atoms with Gasteiger partial charge in [-0.1, -0.05) is 20.8 Å². The molecular weight excluding hydrogens is 274 g/mol. The Bertz CT molecular complexity index is 592. The van der Waals surface area contributed by atoms with Gasteiger partial charge in [-0.15, -0.1) is 11.6 Å². The third-order valence-electron chi connectivity index (χ3n) is 3.77. The predicted molar refractivity (Wildman–Crippen MR) is 82.4 cm³/mol. The van der Waals surface area contributed by atoms with Gasteiger partial charge in [0.2, 0.25) is 5.88 Å². The van der Waals surface area contributed by atoms with Crippen LogP contribution in [0.3, 0.4) is 0 Å². The molecule has 110 valence electrons. The average molecular weight is 296 g/mol. The fourth-order valence-corrected chi connectivity index (χ4v) is 2.26. The van der Waals surface area contributed by atoms with E-state index in [2.05, 4.69) is 35.3 Å². The molecule has 0 spiro atoms. The molecule has 0 amide bonds. The molecule has 0 aliphatic carbocycles. The zero-order valence-electron chi connectivity index (χ0n) is 12.7. The van der Waals surface area contributed by atoms with Gasteiger partial charge in [0, 0.05) is 12.6 Å². The van der Waals surface area contributed by atoms with Gasteiger partial charge in [0.05, 0.1) is 12.5 Å². The van der Waals surface area contributed by atoms with Gasteiger partial charge in [-0.25, -0.2) is 4.98 Å². The van der Waals surface area contributed by atoms with Crippen LogP contribution in [0.15, 0.2) is 12.1 Å². The molecular formula is C15H22ClN3O. The third kappa shape index (κ3) is 2.90. The summed E-state index contributed by atoms with van der Waals surface area (Å²) in [6.45, 7) is 9.49. The van der Waals surface area contributed by atoms with E-state index >= 15 is 0 Å². The molecule has 2 heterocycles. The number of aromatic nitrogens is 3. The lowest BCUT2D eigenvalue weighted by Gasteiger charge is -2.18. The van der Waals surface area contributed by atoms with Crippen molar-refractivity contribution >= 4 is 22.8 Å². The van der Waals surface area contributed by atoms with Gasteiger partial charge in [0.25, 0.3) is 0 Å². The van der Waals surface area contributed by atoms with Crippen molar-refractivity contribution in [3.63, 3.8) is 0 Å². The Morgan fingerprint density at radius 1 is 1.20 bits per heavy atom. The second-order valence-corrected chi connectivity index (χ2v) is 6.27. The molecule has 0 fully saturated rings. The number of pyridine rings is 1. The van der Waals surface area contributed by atoms with Gasteiger partial charge in [-0.2, -0.15) is 4.98 Å². The van der Waals surface area contributed by atoms with E-state index < -0.39 is 0 Å². The second-order valence-electron chi connectivity index (χ2n) is 5.61. The zero-order chi connectivity index (χ0) is 14.9. The number of fused-ring (bicyclic) bond motifs is 1. The van der Waals surface area contributed by atoms with Crippen molar-refractivity contribution in [3.05, 3.63) is 18.0 Å². The minimum atomic E-state index is -0.144. The van der Waals surface area contributed by atoms with E-state index in [1.54, 1.807) is 7.11 Å². The van der Waals surface area contributed by atoms with Gasteiger partial charge >= 0.3 is 0 Å². The number of rotatable bonds is 5. The summed E-state index contributed by atoms with van der Waals surface area (Å²) in [5.41, 5.74) is 1.71. The largest absolute Gasteiger partial charge is 0.481 e. The standard InChI is InChI=1S/C15H22ClN3O/c1-9(2)10(3)8-19-14(11(4)16)17-12-6-7-13(20-5)18-15(12)19/h6-7,9-11H,8H2,1-5H3. The fourth-order valence-electron chi connectivity index (χ4n) is 2.10. The van der Waals surface area contributed by atoms with Crippen LogP contribution in [0, 0.1) is 11.8 Å². The van der Waals surface area contributed by atoms with Crippen LogP contribution in [0.5, 0.6) is 5.88 Å². The Labute approximate surface area is 125 Å². The molecule has 0 saturated heterocycles. The van der Waals surface area contributed by atoms with Gasteiger partial charge in [-0.05, 0) is 24.8 Å². The third-order valence-corrected chi connectivity index (χ3v) is 3.96. The van der Waals surface area contributed by atoms with Crippen LogP contribution in [-0.2, 0) is 6.54 Å². The molecule has 0 aliphatic rings. The number of methoxy groups -OCH3 is 1. The lowest BCUT2D eigenvalue weighted by Crippen LogP contribution is -2.16. The van der Waals surface area contributed by atoms with Crippen molar-refractivity contribution in [2.45, 2.75) is 39.6 Å². The first kappa shape index (κ1) is 15.1. The lowest BCUT2D eigenvalue weighted by atomic mass is 9.98. The van der Waals surface area contributed by atoms with Gasteiger partial charge in [0.1, 0.15) is 11.3 Å². The summed E-state index contributed by atoms with van der Waals surface area (Å²) in [5.74, 6) is 2.59. The minimum absolute atomic E-state index is 0.144. The number of hydrogen-bond donors (Lipinski definition) is 0. The minimum Gasteiger partial charge on any atom is -0.481 e. The number of halogens is 1. The highest BCUT2D eigenvalue weighted by Gasteiger charge is 2.19. The molecule has 0 bridgehead atoms. The average Bonchev–Trinajstić information content (AvgIpc) is 2.76. The summed E-state index contributed by atoms with van der Waals surface area (Å²) in [4.78, 5) is 9.14.